The van der Waals surface area contributed by atoms with Crippen molar-refractivity contribution >= 4 is 27.3 Å². The van der Waals surface area contributed by atoms with Gasteiger partial charge in [-0.3, -0.25) is 0 Å². The molecule has 0 heterocycles. The molecule has 0 saturated carbocycles. The number of methoxy groups -OCH3 is 1. The molecule has 0 aliphatic carbocycles. The molecule has 0 atom stereocenters. The Morgan fingerprint density at radius 1 is 1.00 bits per heavy atom. The summed E-state index contributed by atoms with van der Waals surface area (Å²) >= 11 is 3.54. The third-order valence-corrected chi connectivity index (χ3v) is 4.93. The molecule has 26 heavy (non-hydrogen) atoms. The third kappa shape index (κ3) is 5.01. The number of ether oxygens (including phenoxy) is 1. The van der Waals surface area contributed by atoms with Gasteiger partial charge in [-0.2, -0.15) is 0 Å². The van der Waals surface area contributed by atoms with Crippen LogP contribution in [0, 0.1) is 0 Å². The van der Waals surface area contributed by atoms with Crippen LogP contribution in [-0.4, -0.2) is 7.11 Å². The Kier molecular flexibility index (Phi) is 7.52. The monoisotopic (exact) mass is 413 g/mol. The highest BCUT2D eigenvalue weighted by Gasteiger charge is 2.17. The minimum Gasteiger partial charge on any atom is -0.497 e. The quantitative estimate of drug-likeness (QED) is 0.467. The van der Waals surface area contributed by atoms with E-state index in [-0.39, 0.29) is 0 Å². The van der Waals surface area contributed by atoms with Crippen LogP contribution in [0.15, 0.2) is 70.3 Å². The minimum absolute atomic E-state index is 0.867. The van der Waals surface area contributed by atoms with E-state index in [0.29, 0.717) is 0 Å². The Balaban J connectivity index is 2.61. The molecule has 0 bridgehead atoms. The highest BCUT2D eigenvalue weighted by molar-refractivity contribution is 9.10. The topological polar surface area (TPSA) is 12.5 Å². The lowest BCUT2D eigenvalue weighted by Gasteiger charge is -2.30. The first-order valence-corrected chi connectivity index (χ1v) is 9.81. The van der Waals surface area contributed by atoms with E-state index in [1.165, 1.54) is 22.5 Å². The second-order valence-corrected chi connectivity index (χ2v) is 7.42. The van der Waals surface area contributed by atoms with E-state index in [2.05, 4.69) is 91.0 Å². The maximum Gasteiger partial charge on any atom is 0.119 e. The average molecular weight is 414 g/mol. The summed E-state index contributed by atoms with van der Waals surface area (Å²) in [7, 11) is 1.70. The van der Waals surface area contributed by atoms with E-state index in [4.69, 9.17) is 4.74 Å². The number of hydrogen-bond donors (Lipinski definition) is 0. The molecule has 0 radical (unpaired) electrons. The Labute approximate surface area is 166 Å². The first kappa shape index (κ1) is 20.3. The van der Waals surface area contributed by atoms with Crippen molar-refractivity contribution in [1.29, 1.82) is 0 Å². The normalized spacial score (nSPS) is 11.2. The van der Waals surface area contributed by atoms with Gasteiger partial charge in [0.1, 0.15) is 5.75 Å². The number of hydrogen-bond acceptors (Lipinski definition) is 2. The van der Waals surface area contributed by atoms with E-state index in [1.807, 2.05) is 12.1 Å². The Bertz CT molecular complexity index is 769. The van der Waals surface area contributed by atoms with Crippen LogP contribution < -0.4 is 9.64 Å². The molecule has 2 nitrogen and oxygen atoms in total. The fourth-order valence-electron chi connectivity index (χ4n) is 2.71. The summed E-state index contributed by atoms with van der Waals surface area (Å²) in [5.41, 5.74) is 6.08. The molecule has 0 spiro atoms. The van der Waals surface area contributed by atoms with Crippen molar-refractivity contribution in [1.82, 2.24) is 0 Å². The molecule has 0 aliphatic heterocycles. The zero-order valence-electron chi connectivity index (χ0n) is 16.3. The summed E-state index contributed by atoms with van der Waals surface area (Å²) in [5, 5.41) is 0. The summed E-state index contributed by atoms with van der Waals surface area (Å²) < 4.78 is 6.42. The van der Waals surface area contributed by atoms with E-state index in [0.717, 1.165) is 28.8 Å². The second kappa shape index (κ2) is 9.63. The number of nitrogens with zero attached hydrogens (tertiary/aromatic N) is 1. The Morgan fingerprint density at radius 2 is 1.62 bits per heavy atom. The predicted molar refractivity (Wildman–Crippen MR) is 117 cm³/mol. The predicted octanol–water partition coefficient (Wildman–Crippen LogP) is 7.42. The van der Waals surface area contributed by atoms with Crippen LogP contribution >= 0.6 is 15.9 Å². The molecule has 0 aliphatic rings. The van der Waals surface area contributed by atoms with E-state index in [9.17, 15) is 0 Å². The van der Waals surface area contributed by atoms with Crippen LogP contribution in [0.25, 0.3) is 5.70 Å². The van der Waals surface area contributed by atoms with Gasteiger partial charge in [0.15, 0.2) is 0 Å². The smallest absolute Gasteiger partial charge is 0.119 e. The zero-order chi connectivity index (χ0) is 19.1. The largest absolute Gasteiger partial charge is 0.497 e. The SMILES string of the molecule is CCC/C=C(\c1ccc(Br)cc1)N(C(C)=C(C)C)c1ccc(OC)cc1. The highest BCUT2D eigenvalue weighted by atomic mass is 79.9. The van der Waals surface area contributed by atoms with Crippen molar-refractivity contribution in [2.24, 2.45) is 0 Å². The van der Waals surface area contributed by atoms with Gasteiger partial charge in [-0.15, -0.1) is 0 Å². The van der Waals surface area contributed by atoms with Crippen molar-refractivity contribution < 1.29 is 4.74 Å². The van der Waals surface area contributed by atoms with Crippen molar-refractivity contribution in [3.8, 4) is 5.75 Å². The van der Waals surface area contributed by atoms with Crippen LogP contribution in [0.5, 0.6) is 5.75 Å². The molecule has 0 unspecified atom stereocenters. The number of halogens is 1. The van der Waals surface area contributed by atoms with Gasteiger partial charge in [0.2, 0.25) is 0 Å². The maximum absolute atomic E-state index is 5.33. The van der Waals surface area contributed by atoms with Crippen molar-refractivity contribution in [2.45, 2.75) is 40.5 Å². The Morgan fingerprint density at radius 3 is 2.12 bits per heavy atom. The molecule has 0 amide bonds. The van der Waals surface area contributed by atoms with Gasteiger partial charge < -0.3 is 9.64 Å². The number of benzene rings is 2. The van der Waals surface area contributed by atoms with E-state index in [1.54, 1.807) is 7.11 Å². The van der Waals surface area contributed by atoms with E-state index < -0.39 is 0 Å². The molecule has 138 valence electrons. The number of rotatable bonds is 7. The second-order valence-electron chi connectivity index (χ2n) is 6.50. The van der Waals surface area contributed by atoms with Gasteiger partial charge in [0.25, 0.3) is 0 Å². The summed E-state index contributed by atoms with van der Waals surface area (Å²) in [6.07, 6.45) is 4.48. The number of anilines is 1. The van der Waals surface area contributed by atoms with Crippen LogP contribution in [-0.2, 0) is 0 Å². The molecule has 0 aromatic heterocycles. The molecule has 2 aromatic carbocycles. The third-order valence-electron chi connectivity index (χ3n) is 4.40. The highest BCUT2D eigenvalue weighted by Crippen LogP contribution is 2.33. The molecule has 0 saturated heterocycles. The standard InChI is InChI=1S/C23H28BrNO/c1-6-7-8-23(19-9-11-20(24)12-10-19)25(18(4)17(2)3)21-13-15-22(26-5)16-14-21/h8-16H,6-7H2,1-5H3/b23-8+. The Hall–Kier alpha value is -2.00. The van der Waals surface area contributed by atoms with Crippen molar-refractivity contribution in [3.05, 3.63) is 75.9 Å². The van der Waals surface area contributed by atoms with Gasteiger partial charge in [-0.1, -0.05) is 53.1 Å². The van der Waals surface area contributed by atoms with Gasteiger partial charge >= 0.3 is 0 Å². The van der Waals surface area contributed by atoms with Crippen LogP contribution in [0.2, 0.25) is 0 Å². The van der Waals surface area contributed by atoms with Crippen molar-refractivity contribution in [2.75, 3.05) is 12.0 Å². The molecule has 0 N–H and O–H groups in total. The summed E-state index contributed by atoms with van der Waals surface area (Å²) in [6, 6.07) is 16.8. The van der Waals surface area contributed by atoms with E-state index >= 15 is 0 Å². The van der Waals surface area contributed by atoms with Gasteiger partial charge in [-0.05, 0) is 69.2 Å². The van der Waals surface area contributed by atoms with Crippen LogP contribution in [0.3, 0.4) is 0 Å². The van der Waals surface area contributed by atoms with Crippen LogP contribution in [0.1, 0.15) is 46.1 Å². The van der Waals surface area contributed by atoms with Gasteiger partial charge in [-0.25, -0.2) is 0 Å². The molecular formula is C23H28BrNO. The minimum atomic E-state index is 0.867. The lowest BCUT2D eigenvalue weighted by atomic mass is 10.1. The molecule has 0 fully saturated rings. The average Bonchev–Trinajstić information content (AvgIpc) is 2.65. The molecular weight excluding hydrogens is 386 g/mol. The fourth-order valence-corrected chi connectivity index (χ4v) is 2.97. The van der Waals surface area contributed by atoms with Gasteiger partial charge in [0, 0.05) is 21.6 Å². The maximum atomic E-state index is 5.33. The lowest BCUT2D eigenvalue weighted by molar-refractivity contribution is 0.415. The summed E-state index contributed by atoms with van der Waals surface area (Å²) in [4.78, 5) is 2.34. The molecule has 2 rings (SSSR count). The number of allylic oxidation sites excluding steroid dienone is 3. The fraction of sp³-hybridized carbons (Fsp3) is 0.304. The first-order chi connectivity index (χ1) is 12.5. The summed E-state index contributed by atoms with van der Waals surface area (Å²) in [6.45, 7) is 8.70. The molecule has 2 aromatic rings. The lowest BCUT2D eigenvalue weighted by Crippen LogP contribution is -2.20. The summed E-state index contributed by atoms with van der Waals surface area (Å²) in [5.74, 6) is 0.867. The van der Waals surface area contributed by atoms with Gasteiger partial charge in [0.05, 0.1) is 7.11 Å². The first-order valence-electron chi connectivity index (χ1n) is 9.02. The number of unbranched alkanes of at least 4 members (excludes halogenated alkanes) is 1. The zero-order valence-corrected chi connectivity index (χ0v) is 17.9. The van der Waals surface area contributed by atoms with Crippen LogP contribution in [0.4, 0.5) is 5.69 Å². The molecule has 3 heteroatoms. The van der Waals surface area contributed by atoms with Crippen molar-refractivity contribution in [3.63, 3.8) is 0 Å².